The van der Waals surface area contributed by atoms with E-state index in [-0.39, 0.29) is 29.9 Å². The Morgan fingerprint density at radius 3 is 2.49 bits per heavy atom. The number of benzene rings is 2. The molecule has 9 heteroatoms. The third kappa shape index (κ3) is 6.93. The lowest BCUT2D eigenvalue weighted by atomic mass is 9.94. The normalized spacial score (nSPS) is 23.8. The van der Waals surface area contributed by atoms with Gasteiger partial charge in [0.15, 0.2) is 0 Å². The van der Waals surface area contributed by atoms with Crippen molar-refractivity contribution in [3.05, 3.63) is 70.2 Å². The van der Waals surface area contributed by atoms with E-state index in [0.717, 1.165) is 36.8 Å². The molecule has 4 atom stereocenters. The Morgan fingerprint density at radius 2 is 1.78 bits per heavy atom. The van der Waals surface area contributed by atoms with Gasteiger partial charge in [-0.3, -0.25) is 19.3 Å². The minimum atomic E-state index is -0.757. The summed E-state index contributed by atoms with van der Waals surface area (Å²) in [5.74, 6) is -0.597. The average molecular weight is 581 g/mol. The number of amides is 2. The van der Waals surface area contributed by atoms with Crippen LogP contribution in [0, 0.1) is 0 Å². The minimum Gasteiger partial charge on any atom is -0.468 e. The number of halogens is 1. The fraction of sp³-hybridized carbons (Fsp3) is 0.531. The molecule has 5 rings (SSSR count). The molecule has 0 radical (unpaired) electrons. The second-order valence-corrected chi connectivity index (χ2v) is 12.1. The van der Waals surface area contributed by atoms with Crippen LogP contribution in [0.5, 0.6) is 0 Å². The summed E-state index contributed by atoms with van der Waals surface area (Å²) >= 11 is 6.11. The number of rotatable bonds is 8. The van der Waals surface area contributed by atoms with Crippen molar-refractivity contribution in [2.75, 3.05) is 20.7 Å². The van der Waals surface area contributed by atoms with E-state index in [1.165, 1.54) is 19.1 Å². The highest BCUT2D eigenvalue weighted by atomic mass is 35.5. The van der Waals surface area contributed by atoms with Crippen LogP contribution in [0.25, 0.3) is 0 Å². The molecule has 2 aromatic rings. The maximum atomic E-state index is 14.1. The highest BCUT2D eigenvalue weighted by Gasteiger charge is 2.44. The van der Waals surface area contributed by atoms with Crippen LogP contribution in [0.1, 0.15) is 55.2 Å². The van der Waals surface area contributed by atoms with Gasteiger partial charge in [-0.2, -0.15) is 0 Å². The van der Waals surface area contributed by atoms with Crippen molar-refractivity contribution >= 4 is 29.4 Å². The lowest BCUT2D eigenvalue weighted by molar-refractivity contribution is -0.147. The standard InChI is InChI=1S/C32H41ClN4O4/c1-36(26-18-29(32(40)41-2)37(20-26)25-10-4-3-5-11-25)31(39)28(16-21-12-14-24(33)15-13-21)35-30(38)27-17-22-8-6-7-9-23(22)19-34-27/h6-9,12-15,25-29,34H,3-5,10-11,16-20H2,1-2H3,(H,35,38)/t26-,27+,28+,29-/m0/s1. The molecule has 2 aromatic carbocycles. The average Bonchev–Trinajstić information content (AvgIpc) is 3.46. The Hall–Kier alpha value is -2.94. The quantitative estimate of drug-likeness (QED) is 0.465. The molecule has 2 N–H and O–H groups in total. The number of likely N-dealkylation sites (tertiary alicyclic amines) is 1. The topological polar surface area (TPSA) is 91.0 Å². The third-order valence-corrected chi connectivity index (χ3v) is 9.35. The van der Waals surface area contributed by atoms with Crippen molar-refractivity contribution in [1.82, 2.24) is 20.4 Å². The summed E-state index contributed by atoms with van der Waals surface area (Å²) in [5.41, 5.74) is 3.24. The van der Waals surface area contributed by atoms with Crippen molar-refractivity contribution in [3.8, 4) is 0 Å². The zero-order valence-corrected chi connectivity index (χ0v) is 24.7. The van der Waals surface area contributed by atoms with Gasteiger partial charge in [-0.05, 0) is 54.5 Å². The summed E-state index contributed by atoms with van der Waals surface area (Å²) in [6, 6.07) is 14.1. The van der Waals surface area contributed by atoms with Crippen molar-refractivity contribution < 1.29 is 19.1 Å². The van der Waals surface area contributed by atoms with Gasteiger partial charge in [0.25, 0.3) is 0 Å². The van der Waals surface area contributed by atoms with Crippen molar-refractivity contribution in [2.45, 2.75) is 88.1 Å². The fourth-order valence-corrected chi connectivity index (χ4v) is 6.82. The zero-order chi connectivity index (χ0) is 28.9. The lowest BCUT2D eigenvalue weighted by Gasteiger charge is -2.35. The third-order valence-electron chi connectivity index (χ3n) is 9.10. The van der Waals surface area contributed by atoms with E-state index in [0.29, 0.717) is 43.4 Å². The number of fused-ring (bicyclic) bond motifs is 1. The Labute approximate surface area is 247 Å². The highest BCUT2D eigenvalue weighted by Crippen LogP contribution is 2.32. The van der Waals surface area contributed by atoms with Gasteiger partial charge in [-0.25, -0.2) is 0 Å². The number of nitrogens with one attached hydrogen (secondary N) is 2. The van der Waals surface area contributed by atoms with Crippen molar-refractivity contribution in [3.63, 3.8) is 0 Å². The van der Waals surface area contributed by atoms with Crippen LogP contribution < -0.4 is 10.6 Å². The van der Waals surface area contributed by atoms with Crippen LogP contribution in [0.3, 0.4) is 0 Å². The molecule has 0 bridgehead atoms. The fourth-order valence-electron chi connectivity index (χ4n) is 6.70. The molecule has 2 aliphatic heterocycles. The molecule has 1 saturated carbocycles. The summed E-state index contributed by atoms with van der Waals surface area (Å²) in [6.45, 7) is 1.23. The van der Waals surface area contributed by atoms with Gasteiger partial charge in [-0.1, -0.05) is 67.3 Å². The van der Waals surface area contributed by atoms with Crippen LogP contribution >= 0.6 is 11.6 Å². The van der Waals surface area contributed by atoms with Crippen molar-refractivity contribution in [2.24, 2.45) is 0 Å². The van der Waals surface area contributed by atoms with Crippen LogP contribution in [-0.4, -0.2) is 78.5 Å². The van der Waals surface area contributed by atoms with Gasteiger partial charge in [-0.15, -0.1) is 0 Å². The monoisotopic (exact) mass is 580 g/mol. The maximum Gasteiger partial charge on any atom is 0.323 e. The smallest absolute Gasteiger partial charge is 0.323 e. The molecule has 0 unspecified atom stereocenters. The molecular formula is C32H41ClN4O4. The number of carbonyl (C=O) groups is 3. The predicted molar refractivity (Wildman–Crippen MR) is 158 cm³/mol. The van der Waals surface area contributed by atoms with E-state index in [1.54, 1.807) is 24.1 Å². The van der Waals surface area contributed by atoms with Gasteiger partial charge in [0, 0.05) is 43.7 Å². The number of ether oxygens (including phenoxy) is 1. The summed E-state index contributed by atoms with van der Waals surface area (Å²) < 4.78 is 5.17. The maximum absolute atomic E-state index is 14.1. The molecule has 220 valence electrons. The Balaban J connectivity index is 1.32. The number of hydrogen-bond donors (Lipinski definition) is 2. The first-order chi connectivity index (χ1) is 19.8. The van der Waals surface area contributed by atoms with Gasteiger partial charge in [0.1, 0.15) is 12.1 Å². The summed E-state index contributed by atoms with van der Waals surface area (Å²) in [4.78, 5) is 44.4. The van der Waals surface area contributed by atoms with Crippen LogP contribution in [0.4, 0.5) is 0 Å². The lowest BCUT2D eigenvalue weighted by Crippen LogP contribution is -2.56. The first-order valence-electron chi connectivity index (χ1n) is 14.8. The Kier molecular flexibility index (Phi) is 9.63. The minimum absolute atomic E-state index is 0.155. The first kappa shape index (κ1) is 29.5. The van der Waals surface area contributed by atoms with E-state index in [2.05, 4.69) is 27.7 Å². The Bertz CT molecular complexity index is 1230. The number of hydrogen-bond acceptors (Lipinski definition) is 6. The SMILES string of the molecule is COC(=O)[C@@H]1C[C@H](N(C)C(=O)[C@@H](Cc2ccc(Cl)cc2)NC(=O)[C@H]2Cc3ccccc3CN2)CN1C1CCCCC1. The van der Waals surface area contributed by atoms with E-state index in [4.69, 9.17) is 16.3 Å². The Morgan fingerprint density at radius 1 is 1.07 bits per heavy atom. The van der Waals surface area contributed by atoms with Gasteiger partial charge in [0.2, 0.25) is 11.8 Å². The molecule has 0 spiro atoms. The van der Waals surface area contributed by atoms with E-state index >= 15 is 0 Å². The molecule has 8 nitrogen and oxygen atoms in total. The van der Waals surface area contributed by atoms with Crippen LogP contribution in [0.15, 0.2) is 48.5 Å². The molecule has 0 aromatic heterocycles. The second-order valence-electron chi connectivity index (χ2n) is 11.7. The predicted octanol–water partition coefficient (Wildman–Crippen LogP) is 3.49. The van der Waals surface area contributed by atoms with Gasteiger partial charge >= 0.3 is 5.97 Å². The summed E-state index contributed by atoms with van der Waals surface area (Å²) in [6.07, 6.45) is 7.09. The molecule has 1 saturated heterocycles. The van der Waals surface area contributed by atoms with E-state index in [1.807, 2.05) is 24.3 Å². The van der Waals surface area contributed by atoms with Crippen LogP contribution in [-0.2, 0) is 38.5 Å². The number of nitrogens with zero attached hydrogens (tertiary/aromatic N) is 2. The number of likely N-dealkylation sites (N-methyl/N-ethyl adjacent to an activating group) is 1. The molecule has 41 heavy (non-hydrogen) atoms. The summed E-state index contributed by atoms with van der Waals surface area (Å²) in [7, 11) is 3.22. The molecule has 2 heterocycles. The van der Waals surface area contributed by atoms with Crippen LogP contribution in [0.2, 0.25) is 5.02 Å². The molecular weight excluding hydrogens is 540 g/mol. The van der Waals surface area contributed by atoms with E-state index in [9.17, 15) is 14.4 Å². The number of carbonyl (C=O) groups excluding carboxylic acids is 3. The number of methoxy groups -OCH3 is 1. The van der Waals surface area contributed by atoms with E-state index < -0.39 is 12.1 Å². The zero-order valence-electron chi connectivity index (χ0n) is 24.0. The number of esters is 1. The first-order valence-corrected chi connectivity index (χ1v) is 15.2. The molecule has 3 aliphatic rings. The molecule has 2 amide bonds. The largest absolute Gasteiger partial charge is 0.468 e. The van der Waals surface area contributed by atoms with Gasteiger partial charge < -0.3 is 20.3 Å². The highest BCUT2D eigenvalue weighted by molar-refractivity contribution is 6.30. The second kappa shape index (κ2) is 13.4. The molecule has 2 fully saturated rings. The van der Waals surface area contributed by atoms with Gasteiger partial charge in [0.05, 0.1) is 13.2 Å². The van der Waals surface area contributed by atoms with Crippen molar-refractivity contribution in [1.29, 1.82) is 0 Å². The molecule has 1 aliphatic carbocycles. The summed E-state index contributed by atoms with van der Waals surface area (Å²) in [5, 5.41) is 7.02.